The quantitative estimate of drug-likeness (QED) is 0.317. The molecular weight excluding hydrogens is 505 g/mol. The van der Waals surface area contributed by atoms with Gasteiger partial charge in [-0.2, -0.15) is 5.26 Å². The molecule has 2 amide bonds. The lowest BCUT2D eigenvalue weighted by Crippen LogP contribution is -2.32. The van der Waals surface area contributed by atoms with Crippen molar-refractivity contribution in [2.45, 2.75) is 32.1 Å². The summed E-state index contributed by atoms with van der Waals surface area (Å²) in [5.74, 6) is -0.257. The molecular formula is C26H21Cl2N3O3S. The van der Waals surface area contributed by atoms with Crippen LogP contribution in [0.3, 0.4) is 0 Å². The van der Waals surface area contributed by atoms with E-state index < -0.39 is 11.2 Å². The number of halogens is 2. The van der Waals surface area contributed by atoms with Gasteiger partial charge in [-0.3, -0.25) is 14.5 Å². The summed E-state index contributed by atoms with van der Waals surface area (Å²) in [6.45, 7) is 4.05. The van der Waals surface area contributed by atoms with Gasteiger partial charge in [0.2, 0.25) is 5.91 Å². The van der Waals surface area contributed by atoms with Crippen LogP contribution in [0.25, 0.3) is 0 Å². The van der Waals surface area contributed by atoms with E-state index in [1.165, 1.54) is 22.9 Å². The lowest BCUT2D eigenvalue weighted by molar-refractivity contribution is -0.117. The molecule has 178 valence electrons. The van der Waals surface area contributed by atoms with Gasteiger partial charge < -0.3 is 9.73 Å². The molecule has 0 saturated carbocycles. The van der Waals surface area contributed by atoms with Gasteiger partial charge in [0.1, 0.15) is 22.4 Å². The monoisotopic (exact) mass is 525 g/mol. The second kappa shape index (κ2) is 10.6. The van der Waals surface area contributed by atoms with E-state index in [2.05, 4.69) is 5.32 Å². The highest BCUT2D eigenvalue weighted by molar-refractivity contribution is 8.05. The number of nitrogens with one attached hydrogen (secondary N) is 1. The van der Waals surface area contributed by atoms with Gasteiger partial charge in [-0.05, 0) is 79.4 Å². The fourth-order valence-corrected chi connectivity index (χ4v) is 5.58. The number of furan rings is 1. The molecule has 4 rings (SSSR count). The molecule has 1 aliphatic rings. The number of benzene rings is 2. The Morgan fingerprint density at radius 3 is 2.51 bits per heavy atom. The summed E-state index contributed by atoms with van der Waals surface area (Å²) in [6, 6.07) is 16.2. The highest BCUT2D eigenvalue weighted by Crippen LogP contribution is 2.42. The third-order valence-corrected chi connectivity index (χ3v) is 7.30. The maximum atomic E-state index is 13.6. The van der Waals surface area contributed by atoms with E-state index in [1.54, 1.807) is 30.3 Å². The maximum Gasteiger partial charge on any atom is 0.265 e. The fraction of sp³-hybridized carbons (Fsp3) is 0.192. The summed E-state index contributed by atoms with van der Waals surface area (Å²) in [4.78, 5) is 28.1. The Labute approximate surface area is 217 Å². The minimum absolute atomic E-state index is 0.122. The molecule has 6 nitrogen and oxygen atoms in total. The van der Waals surface area contributed by atoms with Crippen LogP contribution < -0.4 is 10.2 Å². The summed E-state index contributed by atoms with van der Waals surface area (Å²) < 4.78 is 5.25. The predicted octanol–water partition coefficient (Wildman–Crippen LogP) is 5.95. The first-order valence-electron chi connectivity index (χ1n) is 10.7. The second-order valence-electron chi connectivity index (χ2n) is 8.08. The Balaban J connectivity index is 1.71. The molecule has 2 aromatic carbocycles. The van der Waals surface area contributed by atoms with E-state index in [0.29, 0.717) is 27.9 Å². The van der Waals surface area contributed by atoms with E-state index in [4.69, 9.17) is 27.6 Å². The van der Waals surface area contributed by atoms with E-state index in [9.17, 15) is 14.9 Å². The van der Waals surface area contributed by atoms with Crippen LogP contribution in [0.4, 0.5) is 5.69 Å². The van der Waals surface area contributed by atoms with Crippen molar-refractivity contribution < 1.29 is 14.0 Å². The number of rotatable bonds is 6. The van der Waals surface area contributed by atoms with E-state index in [1.807, 2.05) is 38.1 Å². The molecule has 1 saturated heterocycles. The van der Waals surface area contributed by atoms with Gasteiger partial charge in [-0.1, -0.05) is 41.0 Å². The topological polar surface area (TPSA) is 86.3 Å². The molecule has 3 aromatic rings. The third-order valence-electron chi connectivity index (χ3n) is 5.60. The number of nitrogens with zero attached hydrogens (tertiary/aromatic N) is 2. The number of hydrogen-bond donors (Lipinski definition) is 1. The van der Waals surface area contributed by atoms with Gasteiger partial charge in [0.25, 0.3) is 5.91 Å². The van der Waals surface area contributed by atoms with Gasteiger partial charge in [-0.25, -0.2) is 0 Å². The molecule has 1 aromatic heterocycles. The summed E-state index contributed by atoms with van der Waals surface area (Å²) in [5.41, 5.74) is 3.31. The van der Waals surface area contributed by atoms with Crippen molar-refractivity contribution in [3.63, 3.8) is 0 Å². The van der Waals surface area contributed by atoms with Crippen LogP contribution in [-0.4, -0.2) is 17.1 Å². The van der Waals surface area contributed by atoms with Crippen molar-refractivity contribution in [3.8, 4) is 6.07 Å². The zero-order chi connectivity index (χ0) is 25.1. The summed E-state index contributed by atoms with van der Waals surface area (Å²) in [5, 5.41) is 13.3. The molecule has 1 unspecified atom stereocenters. The predicted molar refractivity (Wildman–Crippen MR) is 138 cm³/mol. The molecule has 0 aliphatic carbocycles. The molecule has 1 fully saturated rings. The second-order valence-corrected chi connectivity index (χ2v) is 10.1. The molecule has 1 atom stereocenters. The smallest absolute Gasteiger partial charge is 0.265 e. The van der Waals surface area contributed by atoms with E-state index in [0.717, 1.165) is 16.7 Å². The van der Waals surface area contributed by atoms with Crippen LogP contribution in [-0.2, 0) is 22.6 Å². The molecule has 1 aliphatic heterocycles. The fourth-order valence-electron chi connectivity index (χ4n) is 3.70. The van der Waals surface area contributed by atoms with Crippen molar-refractivity contribution >= 4 is 52.5 Å². The Kier molecular flexibility index (Phi) is 7.56. The van der Waals surface area contributed by atoms with Crippen LogP contribution >= 0.6 is 35.0 Å². The molecule has 0 spiro atoms. The van der Waals surface area contributed by atoms with Gasteiger partial charge >= 0.3 is 0 Å². The minimum Gasteiger partial charge on any atom is -0.467 e. The SMILES string of the molecule is Cc1ccc(N2C(=O)C(Cc3cc(Cl)cc(Cl)c3)S/C2=C(/C#N)C(=O)NCc2ccco2)cc1C. The largest absolute Gasteiger partial charge is 0.467 e. The van der Waals surface area contributed by atoms with Crippen molar-refractivity contribution in [1.82, 2.24) is 5.32 Å². The Hall–Kier alpha value is -3.18. The van der Waals surface area contributed by atoms with Crippen molar-refractivity contribution in [2.24, 2.45) is 0 Å². The minimum atomic E-state index is -0.584. The van der Waals surface area contributed by atoms with Gasteiger partial charge in [0, 0.05) is 15.7 Å². The van der Waals surface area contributed by atoms with Crippen LogP contribution in [0.15, 0.2) is 69.8 Å². The average molecular weight is 526 g/mol. The maximum absolute atomic E-state index is 13.6. The Morgan fingerprint density at radius 1 is 1.14 bits per heavy atom. The Morgan fingerprint density at radius 2 is 1.89 bits per heavy atom. The lowest BCUT2D eigenvalue weighted by Gasteiger charge is -2.20. The van der Waals surface area contributed by atoms with Gasteiger partial charge in [0.05, 0.1) is 18.1 Å². The number of anilines is 1. The van der Waals surface area contributed by atoms with Crippen molar-refractivity contribution in [3.05, 3.63) is 97.9 Å². The van der Waals surface area contributed by atoms with Crippen LogP contribution in [0, 0.1) is 25.2 Å². The average Bonchev–Trinajstić information content (AvgIpc) is 3.43. The van der Waals surface area contributed by atoms with Crippen molar-refractivity contribution in [2.75, 3.05) is 4.90 Å². The number of carbonyl (C=O) groups excluding carboxylic acids is 2. The molecule has 0 bridgehead atoms. The first-order chi connectivity index (χ1) is 16.8. The van der Waals surface area contributed by atoms with Crippen LogP contribution in [0.1, 0.15) is 22.5 Å². The highest BCUT2D eigenvalue weighted by Gasteiger charge is 2.41. The Bertz CT molecular complexity index is 1340. The number of thioether (sulfide) groups is 1. The number of nitriles is 1. The van der Waals surface area contributed by atoms with Crippen LogP contribution in [0.2, 0.25) is 10.0 Å². The van der Waals surface area contributed by atoms with Crippen molar-refractivity contribution in [1.29, 1.82) is 5.26 Å². The number of hydrogen-bond acceptors (Lipinski definition) is 5. The lowest BCUT2D eigenvalue weighted by atomic mass is 10.1. The molecule has 1 N–H and O–H groups in total. The summed E-state index contributed by atoms with van der Waals surface area (Å²) in [7, 11) is 0. The molecule has 35 heavy (non-hydrogen) atoms. The first kappa shape index (κ1) is 24.9. The number of aryl methyl sites for hydroxylation is 2. The van der Waals surface area contributed by atoms with E-state index in [-0.39, 0.29) is 23.1 Å². The van der Waals surface area contributed by atoms with E-state index >= 15 is 0 Å². The third kappa shape index (κ3) is 5.57. The standard InChI is InChI=1S/C26H21Cl2N3O3S/c1-15-5-6-20(8-16(15)2)31-25(33)23(11-17-9-18(27)12-19(28)10-17)35-26(31)22(13-29)24(32)30-14-21-4-3-7-34-21/h3-10,12,23H,11,14H2,1-2H3,(H,30,32)/b26-22-. The van der Waals surface area contributed by atoms with Gasteiger partial charge in [0.15, 0.2) is 0 Å². The zero-order valence-electron chi connectivity index (χ0n) is 19.0. The highest BCUT2D eigenvalue weighted by atomic mass is 35.5. The van der Waals surface area contributed by atoms with Gasteiger partial charge in [-0.15, -0.1) is 0 Å². The molecule has 2 heterocycles. The number of amides is 2. The molecule has 9 heteroatoms. The molecule has 0 radical (unpaired) electrons. The normalized spacial score (nSPS) is 16.8. The summed E-state index contributed by atoms with van der Waals surface area (Å²) >= 11 is 13.5. The first-order valence-corrected chi connectivity index (χ1v) is 12.4. The van der Waals surface area contributed by atoms with Crippen LogP contribution in [0.5, 0.6) is 0 Å². The number of carbonyl (C=O) groups is 2. The zero-order valence-corrected chi connectivity index (χ0v) is 21.3. The summed E-state index contributed by atoms with van der Waals surface area (Å²) in [6.07, 6.45) is 1.84.